The lowest BCUT2D eigenvalue weighted by atomic mass is 9.99. The lowest BCUT2D eigenvalue weighted by molar-refractivity contribution is -0.119. The molecule has 0 saturated heterocycles. The number of carbonyl (C=O) groups excluding carboxylic acids is 1. The average molecular weight is 408 g/mol. The second-order valence-electron chi connectivity index (χ2n) is 7.26. The molecule has 3 aromatic rings. The maximum Gasteiger partial charge on any atom is 0.196 e. The Labute approximate surface area is 175 Å². The molecule has 4 rings (SSSR count). The van der Waals surface area contributed by atoms with Gasteiger partial charge in [0, 0.05) is 17.7 Å². The number of carbonyl (C=O) groups is 1. The fourth-order valence-corrected chi connectivity index (χ4v) is 4.78. The van der Waals surface area contributed by atoms with Crippen LogP contribution >= 0.6 is 11.8 Å². The molecule has 1 fully saturated rings. The van der Waals surface area contributed by atoms with Crippen LogP contribution in [0.4, 0.5) is 0 Å². The number of aryl methyl sites for hydroxylation is 1. The fourth-order valence-electron chi connectivity index (χ4n) is 3.61. The Kier molecular flexibility index (Phi) is 6.00. The first-order valence-electron chi connectivity index (χ1n) is 10.1. The molecule has 1 aliphatic rings. The number of ketones is 1. The van der Waals surface area contributed by atoms with Gasteiger partial charge in [-0.15, -0.1) is 10.2 Å². The van der Waals surface area contributed by atoms with Crippen molar-refractivity contribution in [1.29, 1.82) is 0 Å². The van der Waals surface area contributed by atoms with E-state index >= 15 is 0 Å². The third-order valence-corrected chi connectivity index (χ3v) is 6.32. The summed E-state index contributed by atoms with van der Waals surface area (Å²) in [6.45, 7) is 4.67. The quantitative estimate of drug-likeness (QED) is 0.559. The molecule has 1 aromatic heterocycles. The molecule has 0 amide bonds. The Bertz CT molecular complexity index is 998. The molecule has 0 spiro atoms. The highest BCUT2D eigenvalue weighted by Crippen LogP contribution is 2.35. The van der Waals surface area contributed by atoms with Crippen LogP contribution in [0, 0.1) is 6.92 Å². The van der Waals surface area contributed by atoms with Crippen LogP contribution in [-0.2, 0) is 4.79 Å². The van der Waals surface area contributed by atoms with Gasteiger partial charge in [-0.3, -0.25) is 9.36 Å². The van der Waals surface area contributed by atoms with Gasteiger partial charge in [0.25, 0.3) is 0 Å². The molecule has 1 heterocycles. The van der Waals surface area contributed by atoms with Crippen LogP contribution in [0.5, 0.6) is 5.75 Å². The first kappa shape index (κ1) is 19.7. The van der Waals surface area contributed by atoms with E-state index in [9.17, 15) is 4.79 Å². The Morgan fingerprint density at radius 1 is 1.14 bits per heavy atom. The predicted octanol–water partition coefficient (Wildman–Crippen LogP) is 5.25. The summed E-state index contributed by atoms with van der Waals surface area (Å²) < 4.78 is 7.64. The van der Waals surface area contributed by atoms with E-state index < -0.39 is 0 Å². The third-order valence-electron chi connectivity index (χ3n) is 5.06. The Hall–Kier alpha value is -2.60. The molecule has 0 bridgehead atoms. The van der Waals surface area contributed by atoms with Crippen molar-refractivity contribution in [2.45, 2.75) is 49.9 Å². The molecule has 0 N–H and O–H groups in total. The zero-order valence-corrected chi connectivity index (χ0v) is 17.6. The van der Waals surface area contributed by atoms with Gasteiger partial charge in [0.15, 0.2) is 11.0 Å². The summed E-state index contributed by atoms with van der Waals surface area (Å²) in [5.74, 6) is 1.93. The number of hydrogen-bond donors (Lipinski definition) is 0. The number of ether oxygens (including phenoxy) is 1. The van der Waals surface area contributed by atoms with Crippen LogP contribution in [-0.4, -0.2) is 32.4 Å². The number of nitrogens with zero attached hydrogens (tertiary/aromatic N) is 3. The normalized spacial score (nSPS) is 16.8. The first-order valence-corrected chi connectivity index (χ1v) is 11.0. The van der Waals surface area contributed by atoms with Gasteiger partial charge in [-0.25, -0.2) is 0 Å². The van der Waals surface area contributed by atoms with Gasteiger partial charge in [-0.2, -0.15) is 0 Å². The van der Waals surface area contributed by atoms with Gasteiger partial charge in [-0.1, -0.05) is 41.9 Å². The number of benzene rings is 2. The van der Waals surface area contributed by atoms with Gasteiger partial charge >= 0.3 is 0 Å². The summed E-state index contributed by atoms with van der Waals surface area (Å²) >= 11 is 1.54. The summed E-state index contributed by atoms with van der Waals surface area (Å²) in [6.07, 6.45) is 3.65. The van der Waals surface area contributed by atoms with E-state index in [1.165, 1.54) is 17.3 Å². The zero-order valence-electron chi connectivity index (χ0n) is 16.8. The Balaban J connectivity index is 1.76. The standard InChI is InChI=1S/C23H25N3O2S/c1-3-28-19-13-11-18(12-14-19)26-22(17-8-6-7-16(2)15-17)24-25-23(26)29-21-10-5-4-9-20(21)27/h6-8,11-15,21H,3-5,9-10H2,1-2H3/t21-/m0/s1. The largest absolute Gasteiger partial charge is 0.494 e. The molecule has 150 valence electrons. The molecule has 29 heavy (non-hydrogen) atoms. The second kappa shape index (κ2) is 8.82. The van der Waals surface area contributed by atoms with E-state index in [-0.39, 0.29) is 5.25 Å². The van der Waals surface area contributed by atoms with Crippen LogP contribution in [0.15, 0.2) is 53.7 Å². The van der Waals surface area contributed by atoms with E-state index in [2.05, 4.69) is 33.8 Å². The number of thioether (sulfide) groups is 1. The summed E-state index contributed by atoms with van der Waals surface area (Å²) in [6, 6.07) is 16.2. The van der Waals surface area contributed by atoms with Gasteiger partial charge in [0.2, 0.25) is 0 Å². The third kappa shape index (κ3) is 4.37. The van der Waals surface area contributed by atoms with Crippen LogP contribution in [0.3, 0.4) is 0 Å². The highest BCUT2D eigenvalue weighted by Gasteiger charge is 2.27. The Morgan fingerprint density at radius 2 is 1.97 bits per heavy atom. The molecule has 1 aliphatic carbocycles. The maximum absolute atomic E-state index is 12.4. The summed E-state index contributed by atoms with van der Waals surface area (Å²) in [7, 11) is 0. The van der Waals surface area contributed by atoms with Crippen molar-refractivity contribution in [3.63, 3.8) is 0 Å². The lowest BCUT2D eigenvalue weighted by Crippen LogP contribution is -2.21. The molecule has 0 unspecified atom stereocenters. The molecule has 1 saturated carbocycles. The van der Waals surface area contributed by atoms with Crippen LogP contribution < -0.4 is 4.74 Å². The minimum absolute atomic E-state index is 0.0419. The highest BCUT2D eigenvalue weighted by atomic mass is 32.2. The summed E-state index contributed by atoms with van der Waals surface area (Å²) in [5, 5.41) is 9.69. The van der Waals surface area contributed by atoms with E-state index in [1.807, 2.05) is 43.3 Å². The van der Waals surface area contributed by atoms with Crippen molar-refractivity contribution >= 4 is 17.5 Å². The molecular weight excluding hydrogens is 382 g/mol. The van der Waals surface area contributed by atoms with Gasteiger partial charge < -0.3 is 4.74 Å². The minimum Gasteiger partial charge on any atom is -0.494 e. The monoisotopic (exact) mass is 407 g/mol. The molecular formula is C23H25N3O2S. The molecule has 0 aliphatic heterocycles. The van der Waals surface area contributed by atoms with Crippen molar-refractivity contribution in [2.75, 3.05) is 6.61 Å². The maximum atomic E-state index is 12.4. The van der Waals surface area contributed by atoms with Crippen LogP contribution in [0.25, 0.3) is 17.1 Å². The molecule has 1 atom stereocenters. The smallest absolute Gasteiger partial charge is 0.196 e. The number of rotatable bonds is 6. The van der Waals surface area contributed by atoms with E-state index in [0.29, 0.717) is 18.8 Å². The van der Waals surface area contributed by atoms with E-state index in [4.69, 9.17) is 4.74 Å². The number of Topliss-reactive ketones (excluding diaryl/α,β-unsaturated/α-hetero) is 1. The van der Waals surface area contributed by atoms with Crippen molar-refractivity contribution < 1.29 is 9.53 Å². The first-order chi connectivity index (χ1) is 14.2. The summed E-state index contributed by atoms with van der Waals surface area (Å²) in [4.78, 5) is 12.4. The average Bonchev–Trinajstić information content (AvgIpc) is 3.14. The topological polar surface area (TPSA) is 57.0 Å². The van der Waals surface area contributed by atoms with Crippen molar-refractivity contribution in [2.24, 2.45) is 0 Å². The van der Waals surface area contributed by atoms with Crippen molar-refractivity contribution in [3.8, 4) is 22.8 Å². The Morgan fingerprint density at radius 3 is 2.69 bits per heavy atom. The molecule has 0 radical (unpaired) electrons. The van der Waals surface area contributed by atoms with E-state index in [1.54, 1.807) is 0 Å². The molecule has 2 aromatic carbocycles. The zero-order chi connectivity index (χ0) is 20.2. The van der Waals surface area contributed by atoms with Crippen molar-refractivity contribution in [3.05, 3.63) is 54.1 Å². The molecule has 6 heteroatoms. The van der Waals surface area contributed by atoms with Crippen molar-refractivity contribution in [1.82, 2.24) is 14.8 Å². The van der Waals surface area contributed by atoms with E-state index in [0.717, 1.165) is 47.2 Å². The second-order valence-corrected chi connectivity index (χ2v) is 8.43. The SMILES string of the molecule is CCOc1ccc(-n2c(S[C@H]3CCCCC3=O)nnc2-c2cccc(C)c2)cc1. The van der Waals surface area contributed by atoms with Gasteiger partial charge in [0.05, 0.1) is 11.9 Å². The number of aromatic nitrogens is 3. The van der Waals surface area contributed by atoms with Crippen LogP contribution in [0.1, 0.15) is 38.2 Å². The summed E-state index contributed by atoms with van der Waals surface area (Å²) in [5.41, 5.74) is 3.13. The number of hydrogen-bond acceptors (Lipinski definition) is 5. The van der Waals surface area contributed by atoms with Gasteiger partial charge in [-0.05, 0) is 57.0 Å². The fraction of sp³-hybridized carbons (Fsp3) is 0.348. The highest BCUT2D eigenvalue weighted by molar-refractivity contribution is 8.00. The lowest BCUT2D eigenvalue weighted by Gasteiger charge is -2.20. The predicted molar refractivity (Wildman–Crippen MR) is 116 cm³/mol. The minimum atomic E-state index is -0.0419. The molecule has 5 nitrogen and oxygen atoms in total. The van der Waals surface area contributed by atoms with Gasteiger partial charge in [0.1, 0.15) is 11.5 Å². The van der Waals surface area contributed by atoms with Crippen LogP contribution in [0.2, 0.25) is 0 Å².